The Bertz CT molecular complexity index is 1260. The number of halogens is 3. The molecule has 2 aromatic carbocycles. The highest BCUT2D eigenvalue weighted by Crippen LogP contribution is 2.43. The van der Waals surface area contributed by atoms with E-state index in [9.17, 15) is 18.0 Å². The van der Waals surface area contributed by atoms with Gasteiger partial charge in [0.05, 0.1) is 6.42 Å². The lowest BCUT2D eigenvalue weighted by molar-refractivity contribution is -0.137. The average molecular weight is 459 g/mol. The monoisotopic (exact) mass is 459 g/mol. The van der Waals surface area contributed by atoms with Gasteiger partial charge in [-0.1, -0.05) is 30.3 Å². The summed E-state index contributed by atoms with van der Waals surface area (Å²) in [6, 6.07) is 17.4. The van der Waals surface area contributed by atoms with Crippen LogP contribution in [0.3, 0.4) is 0 Å². The second-order valence-corrected chi connectivity index (χ2v) is 8.55. The predicted octanol–water partition coefficient (Wildman–Crippen LogP) is 6.52. The van der Waals surface area contributed by atoms with Gasteiger partial charge in [-0.05, 0) is 42.3 Å². The standard InChI is InChI=1S/C24H20F3NO3S/c1-28-17(7-10-22(29)30)11-16-12-18(8-9-21(16)28)31-14-19-13-20(15-5-3-2-4-6-15)23(32-19)24(25,26)27/h2-6,8-9,11-13H,7,10,14H2,1H3,(H,29,30). The van der Waals surface area contributed by atoms with Crippen molar-refractivity contribution in [1.82, 2.24) is 4.57 Å². The van der Waals surface area contributed by atoms with Crippen LogP contribution in [0.25, 0.3) is 22.0 Å². The van der Waals surface area contributed by atoms with Gasteiger partial charge >= 0.3 is 12.1 Å². The van der Waals surface area contributed by atoms with Gasteiger partial charge in [-0.2, -0.15) is 13.2 Å². The number of carboxylic acids is 1. The number of alkyl halides is 3. The van der Waals surface area contributed by atoms with E-state index in [1.807, 2.05) is 29.8 Å². The van der Waals surface area contributed by atoms with Crippen LogP contribution in [-0.2, 0) is 31.0 Å². The minimum absolute atomic E-state index is 0.0186. The highest BCUT2D eigenvalue weighted by molar-refractivity contribution is 7.12. The molecule has 166 valence electrons. The molecule has 32 heavy (non-hydrogen) atoms. The molecule has 4 nitrogen and oxygen atoms in total. The summed E-state index contributed by atoms with van der Waals surface area (Å²) in [5.74, 6) is -0.320. The first-order valence-corrected chi connectivity index (χ1v) is 10.7. The van der Waals surface area contributed by atoms with E-state index in [0.29, 0.717) is 33.9 Å². The SMILES string of the molecule is Cn1c(CCC(=O)O)cc2cc(OCc3cc(-c4ccccc4)c(C(F)(F)F)s3)ccc21. The van der Waals surface area contributed by atoms with Crippen LogP contribution in [0.4, 0.5) is 13.2 Å². The number of benzene rings is 2. The molecular weight excluding hydrogens is 439 g/mol. The van der Waals surface area contributed by atoms with Gasteiger partial charge in [-0.15, -0.1) is 11.3 Å². The maximum Gasteiger partial charge on any atom is 0.426 e. The van der Waals surface area contributed by atoms with Crippen molar-refractivity contribution in [2.24, 2.45) is 7.05 Å². The Labute approximate surface area is 186 Å². The van der Waals surface area contributed by atoms with Crippen LogP contribution < -0.4 is 4.74 Å². The van der Waals surface area contributed by atoms with Gasteiger partial charge in [0.15, 0.2) is 0 Å². The largest absolute Gasteiger partial charge is 0.488 e. The molecule has 1 N–H and O–H groups in total. The molecule has 4 aromatic rings. The number of thiophene rings is 1. The Morgan fingerprint density at radius 2 is 1.84 bits per heavy atom. The summed E-state index contributed by atoms with van der Waals surface area (Å²) in [6.07, 6.45) is -3.99. The van der Waals surface area contributed by atoms with E-state index in [2.05, 4.69) is 0 Å². The van der Waals surface area contributed by atoms with Gasteiger partial charge in [0.25, 0.3) is 0 Å². The quantitative estimate of drug-likeness (QED) is 0.342. The van der Waals surface area contributed by atoms with Crippen molar-refractivity contribution in [3.8, 4) is 16.9 Å². The normalized spacial score (nSPS) is 11.8. The summed E-state index contributed by atoms with van der Waals surface area (Å²) < 4.78 is 48.4. The molecule has 0 fully saturated rings. The van der Waals surface area contributed by atoms with Gasteiger partial charge in [-0.3, -0.25) is 4.79 Å². The first kappa shape index (κ1) is 22.0. The van der Waals surface area contributed by atoms with Crippen LogP contribution in [0.1, 0.15) is 21.9 Å². The number of fused-ring (bicyclic) bond motifs is 1. The van der Waals surface area contributed by atoms with Gasteiger partial charge in [-0.25, -0.2) is 0 Å². The molecule has 0 bridgehead atoms. The number of rotatable bonds is 7. The van der Waals surface area contributed by atoms with E-state index >= 15 is 0 Å². The molecule has 0 aliphatic rings. The van der Waals surface area contributed by atoms with Gasteiger partial charge in [0, 0.05) is 34.1 Å². The number of aliphatic carboxylic acids is 1. The highest BCUT2D eigenvalue weighted by atomic mass is 32.1. The summed E-state index contributed by atoms with van der Waals surface area (Å²) in [6.45, 7) is 0.0186. The Morgan fingerprint density at radius 1 is 1.09 bits per heavy atom. The summed E-state index contributed by atoms with van der Waals surface area (Å²) in [7, 11) is 1.87. The molecule has 0 unspecified atom stereocenters. The zero-order valence-corrected chi connectivity index (χ0v) is 18.0. The van der Waals surface area contributed by atoms with E-state index in [4.69, 9.17) is 9.84 Å². The number of aryl methyl sites for hydroxylation is 2. The van der Waals surface area contributed by atoms with Crippen LogP contribution in [0, 0.1) is 0 Å². The lowest BCUT2D eigenvalue weighted by Crippen LogP contribution is -2.03. The van der Waals surface area contributed by atoms with Crippen molar-refractivity contribution in [2.45, 2.75) is 25.6 Å². The van der Waals surface area contributed by atoms with Crippen molar-refractivity contribution < 1.29 is 27.8 Å². The number of ether oxygens (including phenoxy) is 1. The molecule has 0 aliphatic heterocycles. The second kappa shape index (κ2) is 8.70. The number of hydrogen-bond acceptors (Lipinski definition) is 3. The molecule has 0 atom stereocenters. The molecule has 0 saturated heterocycles. The van der Waals surface area contributed by atoms with Crippen molar-refractivity contribution >= 4 is 28.2 Å². The van der Waals surface area contributed by atoms with Crippen LogP contribution >= 0.6 is 11.3 Å². The van der Waals surface area contributed by atoms with Crippen molar-refractivity contribution in [1.29, 1.82) is 0 Å². The van der Waals surface area contributed by atoms with Crippen LogP contribution in [-0.4, -0.2) is 15.6 Å². The summed E-state index contributed by atoms with van der Waals surface area (Å²) in [4.78, 5) is 10.7. The molecule has 2 aromatic heterocycles. The van der Waals surface area contributed by atoms with Gasteiger partial charge in [0.1, 0.15) is 17.2 Å². The number of carboxylic acid groups (broad SMARTS) is 1. The van der Waals surface area contributed by atoms with E-state index in [1.54, 1.807) is 36.4 Å². The first-order chi connectivity index (χ1) is 15.2. The lowest BCUT2D eigenvalue weighted by atomic mass is 10.1. The minimum atomic E-state index is -4.44. The zero-order chi connectivity index (χ0) is 22.9. The van der Waals surface area contributed by atoms with Crippen LogP contribution in [0.5, 0.6) is 5.75 Å². The molecule has 0 amide bonds. The van der Waals surface area contributed by atoms with Crippen molar-refractivity contribution in [3.05, 3.63) is 76.1 Å². The highest BCUT2D eigenvalue weighted by Gasteiger charge is 2.36. The molecule has 0 aliphatic carbocycles. The Balaban J connectivity index is 1.55. The smallest absolute Gasteiger partial charge is 0.426 e. The number of aromatic nitrogens is 1. The maximum atomic E-state index is 13.6. The molecule has 0 radical (unpaired) electrons. The molecule has 4 rings (SSSR count). The van der Waals surface area contributed by atoms with E-state index < -0.39 is 17.0 Å². The molecule has 0 saturated carbocycles. The fourth-order valence-electron chi connectivity index (χ4n) is 3.66. The zero-order valence-electron chi connectivity index (χ0n) is 17.1. The van der Waals surface area contributed by atoms with Gasteiger partial charge in [0.2, 0.25) is 0 Å². The number of carbonyl (C=O) groups is 1. The van der Waals surface area contributed by atoms with Crippen LogP contribution in [0.15, 0.2) is 60.7 Å². The number of nitrogens with zero attached hydrogens (tertiary/aromatic N) is 1. The van der Waals surface area contributed by atoms with E-state index in [1.165, 1.54) is 6.07 Å². The predicted molar refractivity (Wildman–Crippen MR) is 118 cm³/mol. The van der Waals surface area contributed by atoms with Crippen molar-refractivity contribution in [3.63, 3.8) is 0 Å². The third-order valence-electron chi connectivity index (χ3n) is 5.21. The topological polar surface area (TPSA) is 51.5 Å². The Hall–Kier alpha value is -3.26. The fraction of sp³-hybridized carbons (Fsp3) is 0.208. The summed E-state index contributed by atoms with van der Waals surface area (Å²) >= 11 is 0.690. The molecule has 0 spiro atoms. The Morgan fingerprint density at radius 3 is 2.53 bits per heavy atom. The molecule has 8 heteroatoms. The van der Waals surface area contributed by atoms with Crippen molar-refractivity contribution in [2.75, 3.05) is 0 Å². The average Bonchev–Trinajstić information content (AvgIpc) is 3.33. The second-order valence-electron chi connectivity index (χ2n) is 7.42. The van der Waals surface area contributed by atoms with Crippen LogP contribution in [0.2, 0.25) is 0 Å². The first-order valence-electron chi connectivity index (χ1n) is 9.90. The summed E-state index contributed by atoms with van der Waals surface area (Å²) in [5, 5.41) is 9.80. The fourth-order valence-corrected chi connectivity index (χ4v) is 4.62. The third-order valence-corrected chi connectivity index (χ3v) is 6.37. The lowest BCUT2D eigenvalue weighted by Gasteiger charge is -2.07. The number of hydrogen-bond donors (Lipinski definition) is 1. The molecular formula is C24H20F3NO3S. The third kappa shape index (κ3) is 4.65. The van der Waals surface area contributed by atoms with Gasteiger partial charge < -0.3 is 14.4 Å². The van der Waals surface area contributed by atoms with E-state index in [0.717, 1.165) is 16.6 Å². The van der Waals surface area contributed by atoms with E-state index in [-0.39, 0.29) is 18.6 Å². The summed E-state index contributed by atoms with van der Waals surface area (Å²) in [5.41, 5.74) is 2.49. The maximum absolute atomic E-state index is 13.6. The Kier molecular flexibility index (Phi) is 5.97. The minimum Gasteiger partial charge on any atom is -0.488 e. The molecule has 2 heterocycles.